The quantitative estimate of drug-likeness (QED) is 0.735. The molecule has 1 heterocycles. The molecule has 1 nitrogen and oxygen atoms in total. The van der Waals surface area contributed by atoms with E-state index in [2.05, 4.69) is 46.4 Å². The highest BCUT2D eigenvalue weighted by Gasteiger charge is 2.11. The van der Waals surface area contributed by atoms with Gasteiger partial charge in [-0.25, -0.2) is 0 Å². The standard InChI is InChI=1S/C11H14BrN/c1-8-2-3-9-4-5-11(12)6-10(9)7-13-8/h4-6,8,13H,2-3,7H2,1H3. The molecule has 2 heteroatoms. The van der Waals surface area contributed by atoms with Gasteiger partial charge in [-0.15, -0.1) is 0 Å². The number of aryl methyl sites for hydroxylation is 1. The van der Waals surface area contributed by atoms with Crippen LogP contribution < -0.4 is 5.32 Å². The average Bonchev–Trinajstić information content (AvgIpc) is 2.29. The molecule has 0 amide bonds. The van der Waals surface area contributed by atoms with Gasteiger partial charge >= 0.3 is 0 Å². The van der Waals surface area contributed by atoms with E-state index in [-0.39, 0.29) is 0 Å². The van der Waals surface area contributed by atoms with Crippen molar-refractivity contribution in [3.8, 4) is 0 Å². The minimum absolute atomic E-state index is 0.645. The molecule has 0 spiro atoms. The normalized spacial score (nSPS) is 22.2. The molecule has 70 valence electrons. The van der Waals surface area contributed by atoms with Crippen molar-refractivity contribution in [2.45, 2.75) is 32.4 Å². The molecule has 1 aliphatic heterocycles. The molecule has 1 aromatic rings. The second-order valence-electron chi connectivity index (χ2n) is 3.73. The third kappa shape index (κ3) is 2.12. The van der Waals surface area contributed by atoms with E-state index in [1.165, 1.54) is 28.4 Å². The van der Waals surface area contributed by atoms with Crippen LogP contribution in [0.15, 0.2) is 22.7 Å². The molecule has 1 atom stereocenters. The lowest BCUT2D eigenvalue weighted by Crippen LogP contribution is -2.23. The molecule has 1 aliphatic rings. The summed E-state index contributed by atoms with van der Waals surface area (Å²) in [6, 6.07) is 7.24. The SMILES string of the molecule is CC1CCc2ccc(Br)cc2CN1. The molecule has 13 heavy (non-hydrogen) atoms. The predicted octanol–water partition coefficient (Wildman–Crippen LogP) is 2.87. The number of hydrogen-bond acceptors (Lipinski definition) is 1. The van der Waals surface area contributed by atoms with Gasteiger partial charge in [0.15, 0.2) is 0 Å². The van der Waals surface area contributed by atoms with E-state index in [0.29, 0.717) is 6.04 Å². The molecular formula is C11H14BrN. The Morgan fingerprint density at radius 3 is 3.08 bits per heavy atom. The topological polar surface area (TPSA) is 12.0 Å². The third-order valence-electron chi connectivity index (χ3n) is 2.66. The van der Waals surface area contributed by atoms with Gasteiger partial charge in [0.2, 0.25) is 0 Å². The molecule has 2 rings (SSSR count). The Balaban J connectivity index is 2.30. The summed E-state index contributed by atoms with van der Waals surface area (Å²) in [4.78, 5) is 0. The van der Waals surface area contributed by atoms with Gasteiger partial charge in [-0.3, -0.25) is 0 Å². The zero-order valence-corrected chi connectivity index (χ0v) is 9.39. The van der Waals surface area contributed by atoms with Crippen molar-refractivity contribution in [3.63, 3.8) is 0 Å². The van der Waals surface area contributed by atoms with Gasteiger partial charge in [-0.1, -0.05) is 22.0 Å². The monoisotopic (exact) mass is 239 g/mol. The van der Waals surface area contributed by atoms with E-state index in [1.807, 2.05) is 0 Å². The summed E-state index contributed by atoms with van der Waals surface area (Å²) < 4.78 is 1.18. The van der Waals surface area contributed by atoms with Crippen LogP contribution in [0.4, 0.5) is 0 Å². The van der Waals surface area contributed by atoms with Crippen LogP contribution in [0.2, 0.25) is 0 Å². The van der Waals surface area contributed by atoms with E-state index in [9.17, 15) is 0 Å². The summed E-state index contributed by atoms with van der Waals surface area (Å²) in [5.74, 6) is 0. The van der Waals surface area contributed by atoms with Crippen molar-refractivity contribution in [3.05, 3.63) is 33.8 Å². The van der Waals surface area contributed by atoms with Gasteiger partial charge < -0.3 is 5.32 Å². The van der Waals surface area contributed by atoms with Gasteiger partial charge in [0, 0.05) is 17.1 Å². The van der Waals surface area contributed by atoms with Gasteiger partial charge in [0.25, 0.3) is 0 Å². The molecule has 0 saturated heterocycles. The zero-order chi connectivity index (χ0) is 9.26. The van der Waals surface area contributed by atoms with Crippen LogP contribution in [-0.2, 0) is 13.0 Å². The zero-order valence-electron chi connectivity index (χ0n) is 7.81. The lowest BCUT2D eigenvalue weighted by molar-refractivity contribution is 0.534. The number of fused-ring (bicyclic) bond motifs is 1. The van der Waals surface area contributed by atoms with Crippen LogP contribution >= 0.6 is 15.9 Å². The molecular weight excluding hydrogens is 226 g/mol. The summed E-state index contributed by atoms with van der Waals surface area (Å²) in [5, 5.41) is 3.51. The molecule has 0 radical (unpaired) electrons. The molecule has 0 aliphatic carbocycles. The Hall–Kier alpha value is -0.340. The van der Waals surface area contributed by atoms with Crippen molar-refractivity contribution >= 4 is 15.9 Å². The van der Waals surface area contributed by atoms with Crippen LogP contribution in [0.1, 0.15) is 24.5 Å². The molecule has 0 saturated carbocycles. The van der Waals surface area contributed by atoms with Crippen molar-refractivity contribution in [2.75, 3.05) is 0 Å². The van der Waals surface area contributed by atoms with Gasteiger partial charge in [0.05, 0.1) is 0 Å². The minimum Gasteiger partial charge on any atom is -0.310 e. The fraction of sp³-hybridized carbons (Fsp3) is 0.455. The van der Waals surface area contributed by atoms with Crippen molar-refractivity contribution < 1.29 is 0 Å². The summed E-state index contributed by atoms with van der Waals surface area (Å²) >= 11 is 3.50. The highest BCUT2D eigenvalue weighted by molar-refractivity contribution is 9.10. The maximum atomic E-state index is 3.51. The van der Waals surface area contributed by atoms with Gasteiger partial charge in [-0.05, 0) is 43.0 Å². The number of benzene rings is 1. The van der Waals surface area contributed by atoms with Gasteiger partial charge in [0.1, 0.15) is 0 Å². The minimum atomic E-state index is 0.645. The first-order valence-corrected chi connectivity index (χ1v) is 5.55. The number of halogens is 1. The largest absolute Gasteiger partial charge is 0.310 e. The summed E-state index contributed by atoms with van der Waals surface area (Å²) in [6.07, 6.45) is 2.45. The summed E-state index contributed by atoms with van der Waals surface area (Å²) in [6.45, 7) is 3.26. The highest BCUT2D eigenvalue weighted by Crippen LogP contribution is 2.20. The fourth-order valence-corrected chi connectivity index (χ4v) is 2.17. The number of hydrogen-bond donors (Lipinski definition) is 1. The summed E-state index contributed by atoms with van der Waals surface area (Å²) in [5.41, 5.74) is 2.94. The van der Waals surface area contributed by atoms with Crippen LogP contribution in [0, 0.1) is 0 Å². The van der Waals surface area contributed by atoms with E-state index < -0.39 is 0 Å². The Morgan fingerprint density at radius 1 is 1.38 bits per heavy atom. The van der Waals surface area contributed by atoms with E-state index in [0.717, 1.165) is 6.54 Å². The molecule has 0 fully saturated rings. The van der Waals surface area contributed by atoms with E-state index >= 15 is 0 Å². The Kier molecular flexibility index (Phi) is 2.70. The number of nitrogens with one attached hydrogen (secondary N) is 1. The Morgan fingerprint density at radius 2 is 2.23 bits per heavy atom. The van der Waals surface area contributed by atoms with Crippen LogP contribution in [0.25, 0.3) is 0 Å². The van der Waals surface area contributed by atoms with E-state index in [1.54, 1.807) is 0 Å². The Bertz CT molecular complexity index is 309. The first-order valence-electron chi connectivity index (χ1n) is 4.76. The van der Waals surface area contributed by atoms with Gasteiger partial charge in [-0.2, -0.15) is 0 Å². The second kappa shape index (κ2) is 3.81. The third-order valence-corrected chi connectivity index (χ3v) is 3.15. The molecule has 1 aromatic carbocycles. The maximum Gasteiger partial charge on any atom is 0.0211 e. The van der Waals surface area contributed by atoms with Crippen LogP contribution in [-0.4, -0.2) is 6.04 Å². The number of rotatable bonds is 0. The van der Waals surface area contributed by atoms with Crippen LogP contribution in [0.5, 0.6) is 0 Å². The average molecular weight is 240 g/mol. The van der Waals surface area contributed by atoms with Crippen molar-refractivity contribution in [1.29, 1.82) is 0 Å². The smallest absolute Gasteiger partial charge is 0.0211 e. The molecule has 0 bridgehead atoms. The van der Waals surface area contributed by atoms with Crippen molar-refractivity contribution in [1.82, 2.24) is 5.32 Å². The fourth-order valence-electron chi connectivity index (χ4n) is 1.76. The maximum absolute atomic E-state index is 3.51. The van der Waals surface area contributed by atoms with Crippen LogP contribution in [0.3, 0.4) is 0 Å². The molecule has 1 N–H and O–H groups in total. The summed E-state index contributed by atoms with van der Waals surface area (Å²) in [7, 11) is 0. The Labute approximate surface area is 87.7 Å². The first kappa shape index (κ1) is 9.22. The lowest BCUT2D eigenvalue weighted by atomic mass is 10.0. The predicted molar refractivity (Wildman–Crippen MR) is 58.8 cm³/mol. The van der Waals surface area contributed by atoms with Crippen molar-refractivity contribution in [2.24, 2.45) is 0 Å². The molecule has 0 aromatic heterocycles. The lowest BCUT2D eigenvalue weighted by Gasteiger charge is -2.07. The second-order valence-corrected chi connectivity index (χ2v) is 4.65. The van der Waals surface area contributed by atoms with E-state index in [4.69, 9.17) is 0 Å². The highest BCUT2D eigenvalue weighted by atomic mass is 79.9. The first-order chi connectivity index (χ1) is 6.25. The molecule has 1 unspecified atom stereocenters.